The Balaban J connectivity index is 0.000000980. The van der Waals surface area contributed by atoms with Crippen LogP contribution in [-0.2, 0) is 0 Å². The van der Waals surface area contributed by atoms with E-state index in [0.717, 1.165) is 16.5 Å². The number of rotatable bonds is 0. The molecule has 1 aromatic carbocycles. The number of pyridine rings is 1. The maximum absolute atomic E-state index is 9.72. The molecule has 0 aliphatic heterocycles. The number of phenols is 1. The second-order valence-electron chi connectivity index (χ2n) is 3.26. The van der Waals surface area contributed by atoms with Gasteiger partial charge in [0.05, 0.1) is 0 Å². The summed E-state index contributed by atoms with van der Waals surface area (Å²) in [6.45, 7) is 3.91. The van der Waals surface area contributed by atoms with Gasteiger partial charge in [-0.2, -0.15) is 0 Å². The molecule has 1 N–H and O–H groups in total. The summed E-state index contributed by atoms with van der Waals surface area (Å²) < 4.78 is 0. The molecule has 0 bridgehead atoms. The van der Waals surface area contributed by atoms with E-state index in [0.29, 0.717) is 11.3 Å². The van der Waals surface area contributed by atoms with Crippen LogP contribution in [0, 0.1) is 13.8 Å². The average Bonchev–Trinajstić information content (AvgIpc) is 2.15. The van der Waals surface area contributed by atoms with Gasteiger partial charge in [0.2, 0.25) is 0 Å². The Morgan fingerprint density at radius 2 is 1.93 bits per heavy atom. The molecular formula is C11H12LiNO. The molecular weight excluding hydrogens is 169 g/mol. The molecule has 0 aliphatic rings. The van der Waals surface area contributed by atoms with E-state index in [-0.39, 0.29) is 18.9 Å². The summed E-state index contributed by atoms with van der Waals surface area (Å²) in [4.78, 5) is 4.15. The molecule has 1 heterocycles. The van der Waals surface area contributed by atoms with Crippen molar-refractivity contribution in [3.63, 3.8) is 0 Å². The SMILES string of the molecule is Cc1cc(C)c2cccnc2c1O.[LiH]. The third-order valence-electron chi connectivity index (χ3n) is 2.26. The van der Waals surface area contributed by atoms with Crippen LogP contribution in [0.15, 0.2) is 24.4 Å². The Hall–Kier alpha value is -0.973. The van der Waals surface area contributed by atoms with E-state index >= 15 is 0 Å². The van der Waals surface area contributed by atoms with Gasteiger partial charge in [0.1, 0.15) is 11.3 Å². The molecule has 14 heavy (non-hydrogen) atoms. The Morgan fingerprint density at radius 3 is 2.64 bits per heavy atom. The molecule has 0 saturated carbocycles. The monoisotopic (exact) mass is 181 g/mol. The predicted molar refractivity (Wildman–Crippen MR) is 60.0 cm³/mol. The van der Waals surface area contributed by atoms with E-state index in [1.54, 1.807) is 6.20 Å². The van der Waals surface area contributed by atoms with Gasteiger partial charge in [-0.3, -0.25) is 4.98 Å². The topological polar surface area (TPSA) is 33.1 Å². The standard InChI is InChI=1S/C11H11NO.Li.H/c1-7-6-8(2)11(13)10-9(7)4-3-5-12-10;;/h3-6,13H,1-2H3;;. The van der Waals surface area contributed by atoms with Crippen LogP contribution >= 0.6 is 0 Å². The van der Waals surface area contributed by atoms with Gasteiger partial charge in [-0.25, -0.2) is 0 Å². The van der Waals surface area contributed by atoms with Crippen LogP contribution in [0.5, 0.6) is 5.75 Å². The molecule has 2 aromatic rings. The van der Waals surface area contributed by atoms with Crippen LogP contribution < -0.4 is 0 Å². The Bertz CT molecular complexity index is 468. The van der Waals surface area contributed by atoms with Crippen LogP contribution in [0.2, 0.25) is 0 Å². The minimum atomic E-state index is 0. The van der Waals surface area contributed by atoms with E-state index < -0.39 is 0 Å². The van der Waals surface area contributed by atoms with Crippen LogP contribution in [-0.4, -0.2) is 29.0 Å². The molecule has 0 aliphatic carbocycles. The van der Waals surface area contributed by atoms with Crippen LogP contribution in [0.4, 0.5) is 0 Å². The second-order valence-corrected chi connectivity index (χ2v) is 3.26. The number of aromatic nitrogens is 1. The number of aromatic hydroxyl groups is 1. The third kappa shape index (κ3) is 1.64. The van der Waals surface area contributed by atoms with Crippen molar-refractivity contribution in [1.29, 1.82) is 0 Å². The number of benzene rings is 1. The first kappa shape index (κ1) is 11.1. The number of hydrogen-bond donors (Lipinski definition) is 1. The number of nitrogens with zero attached hydrogens (tertiary/aromatic N) is 1. The fourth-order valence-corrected chi connectivity index (χ4v) is 1.57. The van der Waals surface area contributed by atoms with Crippen molar-refractivity contribution < 1.29 is 5.11 Å². The predicted octanol–water partition coefficient (Wildman–Crippen LogP) is 1.91. The molecule has 0 radical (unpaired) electrons. The first-order valence-corrected chi connectivity index (χ1v) is 4.24. The molecule has 1 aromatic heterocycles. The van der Waals surface area contributed by atoms with Crippen LogP contribution in [0.1, 0.15) is 11.1 Å². The summed E-state index contributed by atoms with van der Waals surface area (Å²) >= 11 is 0. The molecule has 0 spiro atoms. The van der Waals surface area contributed by atoms with E-state index in [4.69, 9.17) is 0 Å². The van der Waals surface area contributed by atoms with Gasteiger partial charge in [-0.1, -0.05) is 12.1 Å². The third-order valence-corrected chi connectivity index (χ3v) is 2.26. The van der Waals surface area contributed by atoms with Crippen molar-refractivity contribution in [2.24, 2.45) is 0 Å². The molecule has 2 nitrogen and oxygen atoms in total. The average molecular weight is 181 g/mol. The summed E-state index contributed by atoms with van der Waals surface area (Å²) in [7, 11) is 0. The Labute approximate surface area is 95.2 Å². The van der Waals surface area contributed by atoms with Crippen LogP contribution in [0.3, 0.4) is 0 Å². The molecule has 0 amide bonds. The molecule has 0 fully saturated rings. The van der Waals surface area contributed by atoms with Crippen molar-refractivity contribution >= 4 is 29.8 Å². The molecule has 2 rings (SSSR count). The fourth-order valence-electron chi connectivity index (χ4n) is 1.57. The van der Waals surface area contributed by atoms with Crippen molar-refractivity contribution in [3.05, 3.63) is 35.5 Å². The quantitative estimate of drug-likeness (QED) is 0.630. The Kier molecular flexibility index (Phi) is 3.20. The van der Waals surface area contributed by atoms with Gasteiger partial charge in [-0.05, 0) is 31.0 Å². The van der Waals surface area contributed by atoms with E-state index in [9.17, 15) is 5.11 Å². The van der Waals surface area contributed by atoms with Gasteiger partial charge >= 0.3 is 18.9 Å². The number of phenolic OH excluding ortho intramolecular Hbond substituents is 1. The maximum atomic E-state index is 9.72. The number of hydrogen-bond acceptors (Lipinski definition) is 2. The van der Waals surface area contributed by atoms with E-state index in [1.807, 2.05) is 32.0 Å². The molecule has 0 saturated heterocycles. The first-order valence-electron chi connectivity index (χ1n) is 4.24. The summed E-state index contributed by atoms with van der Waals surface area (Å²) in [5.74, 6) is 0.293. The summed E-state index contributed by atoms with van der Waals surface area (Å²) in [6.07, 6.45) is 1.70. The molecule has 0 unspecified atom stereocenters. The van der Waals surface area contributed by atoms with Gasteiger partial charge in [-0.15, -0.1) is 0 Å². The number of aryl methyl sites for hydroxylation is 2. The van der Waals surface area contributed by atoms with Gasteiger partial charge in [0.25, 0.3) is 0 Å². The summed E-state index contributed by atoms with van der Waals surface area (Å²) in [5.41, 5.74) is 2.72. The molecule has 0 atom stereocenters. The van der Waals surface area contributed by atoms with Crippen molar-refractivity contribution in [3.8, 4) is 5.75 Å². The van der Waals surface area contributed by atoms with Gasteiger partial charge in [0.15, 0.2) is 0 Å². The first-order chi connectivity index (χ1) is 6.20. The van der Waals surface area contributed by atoms with Gasteiger partial charge in [0, 0.05) is 11.6 Å². The summed E-state index contributed by atoms with van der Waals surface area (Å²) in [5, 5.41) is 10.7. The van der Waals surface area contributed by atoms with Gasteiger partial charge < -0.3 is 5.11 Å². The summed E-state index contributed by atoms with van der Waals surface area (Å²) in [6, 6.07) is 5.82. The van der Waals surface area contributed by atoms with Crippen molar-refractivity contribution in [2.45, 2.75) is 13.8 Å². The normalized spacial score (nSPS) is 9.86. The zero-order chi connectivity index (χ0) is 9.42. The fraction of sp³-hybridized carbons (Fsp3) is 0.182. The number of fused-ring (bicyclic) bond motifs is 1. The second kappa shape index (κ2) is 4.04. The minimum absolute atomic E-state index is 0. The van der Waals surface area contributed by atoms with Crippen molar-refractivity contribution in [1.82, 2.24) is 4.98 Å². The Morgan fingerprint density at radius 1 is 1.21 bits per heavy atom. The molecule has 68 valence electrons. The molecule has 3 heteroatoms. The zero-order valence-corrected chi connectivity index (χ0v) is 7.70. The van der Waals surface area contributed by atoms with Crippen LogP contribution in [0.25, 0.3) is 10.9 Å². The van der Waals surface area contributed by atoms with E-state index in [1.165, 1.54) is 0 Å². The van der Waals surface area contributed by atoms with E-state index in [2.05, 4.69) is 4.98 Å². The van der Waals surface area contributed by atoms with Crippen molar-refractivity contribution in [2.75, 3.05) is 0 Å². The zero-order valence-electron chi connectivity index (χ0n) is 7.70.